The second-order valence-electron chi connectivity index (χ2n) is 8.03. The first kappa shape index (κ1) is 18.6. The topological polar surface area (TPSA) is 38.1 Å². The number of aryl methyl sites for hydroxylation is 1. The van der Waals surface area contributed by atoms with Crippen LogP contribution in [-0.2, 0) is 0 Å². The summed E-state index contributed by atoms with van der Waals surface area (Å²) in [6.45, 7) is 3.81. The molecule has 0 atom stereocenters. The molecule has 0 amide bonds. The largest absolute Gasteiger partial charge is 0.358 e. The van der Waals surface area contributed by atoms with Gasteiger partial charge < -0.3 is 4.90 Å². The van der Waals surface area contributed by atoms with Gasteiger partial charge in [-0.3, -0.25) is 9.36 Å². The molecule has 0 aliphatic carbocycles. The summed E-state index contributed by atoms with van der Waals surface area (Å²) in [7, 11) is 0. The lowest BCUT2D eigenvalue weighted by molar-refractivity contribution is 0.501. The smallest absolute Gasteiger partial charge is 0.193 e. The molecule has 1 aliphatic heterocycles. The molecule has 0 N–H and O–H groups in total. The van der Waals surface area contributed by atoms with Gasteiger partial charge in [0, 0.05) is 30.5 Å². The van der Waals surface area contributed by atoms with Crippen LogP contribution >= 0.6 is 0 Å². The monoisotopic (exact) mass is 395 g/mol. The zero-order valence-corrected chi connectivity index (χ0v) is 17.2. The van der Waals surface area contributed by atoms with Crippen LogP contribution in [0.15, 0.2) is 83.7 Å². The number of anilines is 1. The molecule has 4 aromatic rings. The Morgan fingerprint density at radius 1 is 0.867 bits per heavy atom. The lowest BCUT2D eigenvalue weighted by atomic mass is 9.89. The normalized spacial score (nSPS) is 14.9. The average Bonchev–Trinajstić information content (AvgIpc) is 2.80. The van der Waals surface area contributed by atoms with Crippen LogP contribution in [0.3, 0.4) is 0 Å². The number of hydrogen-bond donors (Lipinski definition) is 0. The van der Waals surface area contributed by atoms with Gasteiger partial charge in [-0.15, -0.1) is 0 Å². The number of para-hydroxylation sites is 1. The van der Waals surface area contributed by atoms with Crippen LogP contribution in [0.2, 0.25) is 0 Å². The fraction of sp³-hybridized carbons (Fsp3) is 0.231. The standard InChI is InChI=1S/C26H25N3O/c1-19-12-13-23-24(30)18-25(29(26(23)27-19)22-10-6-3-7-11-22)28-16-14-21(15-17-28)20-8-4-2-5-9-20/h2-13,18,21H,14-17H2,1H3. The Kier molecular flexibility index (Phi) is 4.83. The number of benzene rings is 2. The molecule has 0 bridgehead atoms. The van der Waals surface area contributed by atoms with Crippen molar-refractivity contribution in [3.63, 3.8) is 0 Å². The lowest BCUT2D eigenvalue weighted by Crippen LogP contribution is -2.35. The van der Waals surface area contributed by atoms with Gasteiger partial charge >= 0.3 is 0 Å². The van der Waals surface area contributed by atoms with Gasteiger partial charge in [0.15, 0.2) is 5.43 Å². The summed E-state index contributed by atoms with van der Waals surface area (Å²) in [4.78, 5) is 20.1. The van der Waals surface area contributed by atoms with E-state index >= 15 is 0 Å². The molecule has 0 spiro atoms. The van der Waals surface area contributed by atoms with Gasteiger partial charge in [-0.25, -0.2) is 4.98 Å². The summed E-state index contributed by atoms with van der Waals surface area (Å²) in [5, 5.41) is 0.660. The van der Waals surface area contributed by atoms with Crippen molar-refractivity contribution in [2.24, 2.45) is 0 Å². The van der Waals surface area contributed by atoms with E-state index in [9.17, 15) is 4.79 Å². The first-order valence-electron chi connectivity index (χ1n) is 10.6. The Balaban J connectivity index is 1.59. The first-order valence-corrected chi connectivity index (χ1v) is 10.6. The van der Waals surface area contributed by atoms with Crippen LogP contribution < -0.4 is 10.3 Å². The molecule has 4 heteroatoms. The number of nitrogens with zero attached hydrogens (tertiary/aromatic N) is 3. The van der Waals surface area contributed by atoms with Crippen LogP contribution in [0.4, 0.5) is 5.82 Å². The van der Waals surface area contributed by atoms with Gasteiger partial charge in [0.25, 0.3) is 0 Å². The van der Waals surface area contributed by atoms with Crippen LogP contribution in [0.5, 0.6) is 0 Å². The predicted molar refractivity (Wildman–Crippen MR) is 123 cm³/mol. The summed E-state index contributed by atoms with van der Waals surface area (Å²) in [5.74, 6) is 1.50. The summed E-state index contributed by atoms with van der Waals surface area (Å²) in [6.07, 6.45) is 2.15. The van der Waals surface area contributed by atoms with E-state index in [1.807, 2.05) is 37.3 Å². The van der Waals surface area contributed by atoms with Gasteiger partial charge in [0.2, 0.25) is 0 Å². The van der Waals surface area contributed by atoms with E-state index in [1.165, 1.54) is 5.56 Å². The fourth-order valence-electron chi connectivity index (χ4n) is 4.51. The molecule has 2 aromatic heterocycles. The Bertz CT molecular complexity index is 1220. The summed E-state index contributed by atoms with van der Waals surface area (Å²) >= 11 is 0. The van der Waals surface area contributed by atoms with Crippen LogP contribution in [0, 0.1) is 6.92 Å². The highest BCUT2D eigenvalue weighted by Crippen LogP contribution is 2.32. The quantitative estimate of drug-likeness (QED) is 0.486. The van der Waals surface area contributed by atoms with Crippen LogP contribution in [0.25, 0.3) is 16.7 Å². The highest BCUT2D eigenvalue weighted by molar-refractivity contribution is 5.80. The molecule has 1 saturated heterocycles. The Morgan fingerprint density at radius 2 is 1.53 bits per heavy atom. The molecule has 0 radical (unpaired) electrons. The molecular formula is C26H25N3O. The maximum absolute atomic E-state index is 12.9. The van der Waals surface area contributed by atoms with E-state index in [-0.39, 0.29) is 5.43 Å². The van der Waals surface area contributed by atoms with Crippen LogP contribution in [0.1, 0.15) is 30.0 Å². The molecular weight excluding hydrogens is 370 g/mol. The lowest BCUT2D eigenvalue weighted by Gasteiger charge is -2.35. The van der Waals surface area contributed by atoms with Crippen molar-refractivity contribution in [3.05, 3.63) is 100 Å². The van der Waals surface area contributed by atoms with E-state index in [1.54, 1.807) is 6.07 Å². The Hall–Kier alpha value is -3.40. The molecule has 0 saturated carbocycles. The number of aromatic nitrogens is 2. The predicted octanol–water partition coefficient (Wildman–Crippen LogP) is 5.08. The second kappa shape index (κ2) is 7.79. The van der Waals surface area contributed by atoms with E-state index < -0.39 is 0 Å². The van der Waals surface area contributed by atoms with E-state index in [0.29, 0.717) is 11.3 Å². The maximum atomic E-state index is 12.9. The molecule has 30 heavy (non-hydrogen) atoms. The first-order chi connectivity index (χ1) is 14.7. The van der Waals surface area contributed by atoms with Crippen molar-refractivity contribution in [1.29, 1.82) is 0 Å². The van der Waals surface area contributed by atoms with Crippen molar-refractivity contribution in [2.45, 2.75) is 25.7 Å². The molecule has 3 heterocycles. The van der Waals surface area contributed by atoms with Gasteiger partial charge in [-0.2, -0.15) is 0 Å². The van der Waals surface area contributed by atoms with Crippen molar-refractivity contribution in [3.8, 4) is 5.69 Å². The van der Waals surface area contributed by atoms with Gasteiger partial charge in [0.1, 0.15) is 11.5 Å². The van der Waals surface area contributed by atoms with Crippen molar-refractivity contribution in [1.82, 2.24) is 9.55 Å². The number of rotatable bonds is 3. The fourth-order valence-corrected chi connectivity index (χ4v) is 4.51. The maximum Gasteiger partial charge on any atom is 0.193 e. The molecule has 1 fully saturated rings. The number of pyridine rings is 2. The number of hydrogen-bond acceptors (Lipinski definition) is 3. The third kappa shape index (κ3) is 3.39. The molecule has 1 aliphatic rings. The molecule has 150 valence electrons. The Morgan fingerprint density at radius 3 is 2.23 bits per heavy atom. The van der Waals surface area contributed by atoms with Crippen molar-refractivity contribution >= 4 is 16.9 Å². The minimum absolute atomic E-state index is 0.0323. The SMILES string of the molecule is Cc1ccc2c(=O)cc(N3CCC(c4ccccc4)CC3)n(-c3ccccc3)c2n1. The number of fused-ring (bicyclic) bond motifs is 1. The van der Waals surface area contributed by atoms with E-state index in [0.717, 1.165) is 48.8 Å². The number of piperidine rings is 1. The average molecular weight is 396 g/mol. The summed E-state index contributed by atoms with van der Waals surface area (Å²) < 4.78 is 2.15. The minimum atomic E-state index is 0.0323. The van der Waals surface area contributed by atoms with Crippen molar-refractivity contribution in [2.75, 3.05) is 18.0 Å². The van der Waals surface area contributed by atoms with Gasteiger partial charge in [-0.1, -0.05) is 48.5 Å². The zero-order valence-electron chi connectivity index (χ0n) is 17.2. The third-order valence-corrected chi connectivity index (χ3v) is 6.09. The Labute approximate surface area is 176 Å². The zero-order chi connectivity index (χ0) is 20.5. The van der Waals surface area contributed by atoms with Gasteiger partial charge in [0.05, 0.1) is 5.39 Å². The molecule has 4 nitrogen and oxygen atoms in total. The highest BCUT2D eigenvalue weighted by Gasteiger charge is 2.24. The minimum Gasteiger partial charge on any atom is -0.358 e. The second-order valence-corrected chi connectivity index (χ2v) is 8.03. The third-order valence-electron chi connectivity index (χ3n) is 6.09. The highest BCUT2D eigenvalue weighted by atomic mass is 16.1. The summed E-state index contributed by atoms with van der Waals surface area (Å²) in [5.41, 5.74) is 4.11. The van der Waals surface area contributed by atoms with Crippen molar-refractivity contribution < 1.29 is 0 Å². The molecule has 5 rings (SSSR count). The van der Waals surface area contributed by atoms with E-state index in [2.05, 4.69) is 51.9 Å². The molecule has 2 aromatic carbocycles. The summed E-state index contributed by atoms with van der Waals surface area (Å²) in [6, 6.07) is 26.6. The van der Waals surface area contributed by atoms with E-state index in [4.69, 9.17) is 4.98 Å². The molecule has 0 unspecified atom stereocenters. The van der Waals surface area contributed by atoms with Gasteiger partial charge in [-0.05, 0) is 55.5 Å². The van der Waals surface area contributed by atoms with Crippen LogP contribution in [-0.4, -0.2) is 22.6 Å².